The van der Waals surface area contributed by atoms with Crippen molar-refractivity contribution in [3.63, 3.8) is 0 Å². The Morgan fingerprint density at radius 3 is 2.71 bits per heavy atom. The molecule has 1 heterocycles. The van der Waals surface area contributed by atoms with Gasteiger partial charge in [-0.25, -0.2) is 4.39 Å². The third-order valence-corrected chi connectivity index (χ3v) is 3.83. The van der Waals surface area contributed by atoms with Crippen molar-refractivity contribution < 1.29 is 4.39 Å². The number of benzene rings is 2. The van der Waals surface area contributed by atoms with E-state index in [0.717, 1.165) is 21.4 Å². The fourth-order valence-corrected chi connectivity index (χ4v) is 2.37. The van der Waals surface area contributed by atoms with Crippen LogP contribution in [0.3, 0.4) is 0 Å². The van der Waals surface area contributed by atoms with Gasteiger partial charge in [-0.2, -0.15) is 0 Å². The molecule has 0 amide bonds. The van der Waals surface area contributed by atoms with Gasteiger partial charge in [0, 0.05) is 16.7 Å². The van der Waals surface area contributed by atoms with E-state index in [9.17, 15) is 4.39 Å². The minimum absolute atomic E-state index is 0.242. The molecular formula is C15H12BrFN4. The lowest BCUT2D eigenvalue weighted by molar-refractivity contribution is 0.625. The molecule has 0 fully saturated rings. The van der Waals surface area contributed by atoms with Gasteiger partial charge in [-0.1, -0.05) is 22.0 Å². The van der Waals surface area contributed by atoms with Crippen molar-refractivity contribution in [2.45, 2.75) is 6.54 Å². The van der Waals surface area contributed by atoms with Crippen LogP contribution in [0.5, 0.6) is 0 Å². The van der Waals surface area contributed by atoms with E-state index in [2.05, 4.69) is 31.4 Å². The highest BCUT2D eigenvalue weighted by Crippen LogP contribution is 2.20. The van der Waals surface area contributed by atoms with Gasteiger partial charge in [0.25, 0.3) is 0 Å². The van der Waals surface area contributed by atoms with Gasteiger partial charge in [0.2, 0.25) is 0 Å². The third kappa shape index (κ3) is 3.28. The highest BCUT2D eigenvalue weighted by molar-refractivity contribution is 9.10. The van der Waals surface area contributed by atoms with Crippen LogP contribution in [0, 0.1) is 5.82 Å². The van der Waals surface area contributed by atoms with Crippen LogP contribution in [0.15, 0.2) is 59.6 Å². The molecule has 2 aromatic carbocycles. The molecule has 0 bridgehead atoms. The summed E-state index contributed by atoms with van der Waals surface area (Å²) < 4.78 is 16.0. The summed E-state index contributed by atoms with van der Waals surface area (Å²) in [6.45, 7) is 0.532. The quantitative estimate of drug-likeness (QED) is 0.781. The van der Waals surface area contributed by atoms with E-state index in [0.29, 0.717) is 6.54 Å². The van der Waals surface area contributed by atoms with Crippen LogP contribution >= 0.6 is 15.9 Å². The second-order valence-electron chi connectivity index (χ2n) is 4.51. The van der Waals surface area contributed by atoms with Crippen molar-refractivity contribution in [2.75, 3.05) is 5.32 Å². The largest absolute Gasteiger partial charge is 0.381 e. The molecule has 6 heteroatoms. The van der Waals surface area contributed by atoms with Crippen LogP contribution in [0.25, 0.3) is 5.69 Å². The Kier molecular flexibility index (Phi) is 3.96. The third-order valence-electron chi connectivity index (χ3n) is 3.05. The average molecular weight is 347 g/mol. The Morgan fingerprint density at radius 1 is 1.10 bits per heavy atom. The van der Waals surface area contributed by atoms with E-state index < -0.39 is 0 Å². The summed E-state index contributed by atoms with van der Waals surface area (Å²) in [5.74, 6) is -0.242. The molecule has 0 aliphatic heterocycles. The van der Waals surface area contributed by atoms with Crippen LogP contribution in [0.2, 0.25) is 0 Å². The summed E-state index contributed by atoms with van der Waals surface area (Å²) in [6, 6.07) is 12.5. The zero-order valence-electron chi connectivity index (χ0n) is 11.0. The van der Waals surface area contributed by atoms with Crippen LogP contribution < -0.4 is 5.32 Å². The molecule has 0 unspecified atom stereocenters. The first kappa shape index (κ1) is 13.8. The Balaban J connectivity index is 1.76. The number of nitrogens with one attached hydrogen (secondary N) is 1. The number of halogens is 2. The Morgan fingerprint density at radius 2 is 1.90 bits per heavy atom. The maximum absolute atomic E-state index is 13.3. The van der Waals surface area contributed by atoms with Gasteiger partial charge in [-0.05, 0) is 42.0 Å². The van der Waals surface area contributed by atoms with E-state index in [1.165, 1.54) is 12.1 Å². The zero-order chi connectivity index (χ0) is 14.7. The van der Waals surface area contributed by atoms with E-state index in [4.69, 9.17) is 0 Å². The summed E-state index contributed by atoms with van der Waals surface area (Å²) >= 11 is 3.42. The molecule has 3 aromatic rings. The first-order chi connectivity index (χ1) is 10.2. The molecule has 0 saturated heterocycles. The second-order valence-corrected chi connectivity index (χ2v) is 5.36. The summed E-state index contributed by atoms with van der Waals surface area (Å²) in [7, 11) is 0. The highest BCUT2D eigenvalue weighted by Gasteiger charge is 2.03. The van der Waals surface area contributed by atoms with Gasteiger partial charge < -0.3 is 5.32 Å². The van der Waals surface area contributed by atoms with Gasteiger partial charge in [-0.3, -0.25) is 4.57 Å². The second kappa shape index (κ2) is 6.05. The molecule has 0 aliphatic rings. The van der Waals surface area contributed by atoms with Crippen molar-refractivity contribution in [3.05, 3.63) is 71.0 Å². The van der Waals surface area contributed by atoms with E-state index >= 15 is 0 Å². The van der Waals surface area contributed by atoms with Crippen LogP contribution in [-0.2, 0) is 6.54 Å². The minimum Gasteiger partial charge on any atom is -0.381 e. The maximum atomic E-state index is 13.3. The molecule has 106 valence electrons. The maximum Gasteiger partial charge on any atom is 0.123 e. The number of aromatic nitrogens is 3. The normalized spacial score (nSPS) is 10.6. The lowest BCUT2D eigenvalue weighted by Gasteiger charge is -2.10. The molecule has 1 N–H and O–H groups in total. The predicted octanol–water partition coefficient (Wildman–Crippen LogP) is 3.78. The smallest absolute Gasteiger partial charge is 0.123 e. The van der Waals surface area contributed by atoms with Gasteiger partial charge in [0.15, 0.2) is 0 Å². The predicted molar refractivity (Wildman–Crippen MR) is 82.8 cm³/mol. The Bertz CT molecular complexity index is 743. The molecule has 4 nitrogen and oxygen atoms in total. The van der Waals surface area contributed by atoms with Crippen LogP contribution in [-0.4, -0.2) is 14.8 Å². The Hall–Kier alpha value is -2.21. The molecule has 3 rings (SSSR count). The van der Waals surface area contributed by atoms with Crippen LogP contribution in [0.4, 0.5) is 10.1 Å². The van der Waals surface area contributed by atoms with Crippen molar-refractivity contribution in [1.82, 2.24) is 14.8 Å². The molecule has 0 atom stereocenters. The average Bonchev–Trinajstić information content (AvgIpc) is 3.03. The fraction of sp³-hybridized carbons (Fsp3) is 0.0667. The summed E-state index contributed by atoms with van der Waals surface area (Å²) in [6.07, 6.45) is 3.28. The number of nitrogens with zero attached hydrogens (tertiary/aromatic N) is 3. The minimum atomic E-state index is -0.242. The highest BCUT2D eigenvalue weighted by atomic mass is 79.9. The molecule has 21 heavy (non-hydrogen) atoms. The fourth-order valence-electron chi connectivity index (χ4n) is 1.99. The van der Waals surface area contributed by atoms with Gasteiger partial charge in [0.1, 0.15) is 18.5 Å². The van der Waals surface area contributed by atoms with Gasteiger partial charge in [-0.15, -0.1) is 10.2 Å². The van der Waals surface area contributed by atoms with Crippen LogP contribution in [0.1, 0.15) is 5.56 Å². The van der Waals surface area contributed by atoms with Crippen molar-refractivity contribution >= 4 is 21.6 Å². The number of hydrogen-bond donors (Lipinski definition) is 1. The first-order valence-corrected chi connectivity index (χ1v) is 7.14. The topological polar surface area (TPSA) is 42.7 Å². The number of hydrogen-bond acceptors (Lipinski definition) is 3. The van der Waals surface area contributed by atoms with Gasteiger partial charge in [0.05, 0.1) is 5.69 Å². The standard InChI is InChI=1S/C15H12BrFN4/c16-15-5-4-12(17)6-11(15)8-18-13-2-1-3-14(7-13)21-9-19-20-10-21/h1-7,9-10,18H,8H2. The molecule has 0 radical (unpaired) electrons. The summed E-state index contributed by atoms with van der Waals surface area (Å²) in [5.41, 5.74) is 2.77. The molecule has 0 aliphatic carbocycles. The first-order valence-electron chi connectivity index (χ1n) is 6.35. The molecule has 0 saturated carbocycles. The Labute approximate surface area is 129 Å². The SMILES string of the molecule is Fc1ccc(Br)c(CNc2cccc(-n3cnnc3)c2)c1. The number of rotatable bonds is 4. The summed E-state index contributed by atoms with van der Waals surface area (Å²) in [4.78, 5) is 0. The molecule has 0 spiro atoms. The van der Waals surface area contributed by atoms with E-state index in [-0.39, 0.29) is 5.82 Å². The zero-order valence-corrected chi connectivity index (χ0v) is 12.6. The van der Waals surface area contributed by atoms with E-state index in [1.807, 2.05) is 28.8 Å². The lowest BCUT2D eigenvalue weighted by Crippen LogP contribution is -2.01. The lowest BCUT2D eigenvalue weighted by atomic mass is 10.2. The van der Waals surface area contributed by atoms with Crippen molar-refractivity contribution in [2.24, 2.45) is 0 Å². The summed E-state index contributed by atoms with van der Waals surface area (Å²) in [5, 5.41) is 10.9. The van der Waals surface area contributed by atoms with E-state index in [1.54, 1.807) is 18.7 Å². The monoisotopic (exact) mass is 346 g/mol. The molecular weight excluding hydrogens is 335 g/mol. The van der Waals surface area contributed by atoms with Crippen molar-refractivity contribution in [3.8, 4) is 5.69 Å². The molecule has 1 aromatic heterocycles. The van der Waals surface area contributed by atoms with Gasteiger partial charge >= 0.3 is 0 Å². The van der Waals surface area contributed by atoms with Crippen molar-refractivity contribution in [1.29, 1.82) is 0 Å². The number of anilines is 1.